The molecule has 5 aromatic carbocycles. The van der Waals surface area contributed by atoms with Crippen molar-refractivity contribution in [2.45, 2.75) is 0 Å². The standard InChI is InChI=1S/C41H25N5O/c1-3-10-26(11-4-1)37-39(27-12-5-2-6-13-27)46-35-15-8-7-14-31(35)30-19-17-28(24-33(30)41(46)44-37)47-29-18-20-32-34(25-29)40-43-22-23-45(40)36-16-9-21-42-38(32)36/h1-25H. The molecule has 5 aromatic heterocycles. The van der Waals surface area contributed by atoms with Crippen LogP contribution in [-0.2, 0) is 0 Å². The summed E-state index contributed by atoms with van der Waals surface area (Å²) in [6.45, 7) is 0. The second-order valence-electron chi connectivity index (χ2n) is 11.7. The van der Waals surface area contributed by atoms with Crippen molar-refractivity contribution in [3.05, 3.63) is 152 Å². The summed E-state index contributed by atoms with van der Waals surface area (Å²) < 4.78 is 11.0. The highest BCUT2D eigenvalue weighted by molar-refractivity contribution is 6.14. The molecule has 47 heavy (non-hydrogen) atoms. The first kappa shape index (κ1) is 25.8. The number of nitrogens with zero attached hydrogens (tertiary/aromatic N) is 5. The lowest BCUT2D eigenvalue weighted by Gasteiger charge is -2.13. The predicted molar refractivity (Wildman–Crippen MR) is 189 cm³/mol. The van der Waals surface area contributed by atoms with Crippen LogP contribution in [0.1, 0.15) is 0 Å². The quantitative estimate of drug-likeness (QED) is 0.188. The van der Waals surface area contributed by atoms with E-state index in [1.165, 1.54) is 0 Å². The maximum atomic E-state index is 6.60. The van der Waals surface area contributed by atoms with Gasteiger partial charge in [-0.2, -0.15) is 0 Å². The Hall–Kier alpha value is -6.53. The van der Waals surface area contributed by atoms with E-state index in [-0.39, 0.29) is 0 Å². The van der Waals surface area contributed by atoms with E-state index in [4.69, 9.17) is 14.7 Å². The van der Waals surface area contributed by atoms with Crippen LogP contribution < -0.4 is 4.74 Å². The van der Waals surface area contributed by atoms with Crippen LogP contribution in [-0.4, -0.2) is 23.8 Å². The number of benzene rings is 5. The van der Waals surface area contributed by atoms with E-state index in [1.807, 2.05) is 42.9 Å². The third-order valence-corrected chi connectivity index (χ3v) is 9.05. The summed E-state index contributed by atoms with van der Waals surface area (Å²) in [6, 6.07) is 46.0. The van der Waals surface area contributed by atoms with Crippen LogP contribution in [0.3, 0.4) is 0 Å². The van der Waals surface area contributed by atoms with Crippen molar-refractivity contribution < 1.29 is 4.74 Å². The molecule has 0 atom stereocenters. The van der Waals surface area contributed by atoms with E-state index in [2.05, 4.69) is 123 Å². The summed E-state index contributed by atoms with van der Waals surface area (Å²) in [6.07, 6.45) is 5.63. The predicted octanol–water partition coefficient (Wildman–Crippen LogP) is 10.1. The number of ether oxygens (including phenoxy) is 1. The molecule has 220 valence electrons. The molecule has 10 rings (SSSR count). The summed E-state index contributed by atoms with van der Waals surface area (Å²) in [5, 5.41) is 5.33. The zero-order valence-electron chi connectivity index (χ0n) is 25.1. The molecule has 0 radical (unpaired) electrons. The van der Waals surface area contributed by atoms with Gasteiger partial charge in [0.1, 0.15) is 22.8 Å². The molecule has 6 nitrogen and oxygen atoms in total. The average molecular weight is 604 g/mol. The molecule has 0 aliphatic carbocycles. The van der Waals surface area contributed by atoms with Gasteiger partial charge in [-0.1, -0.05) is 78.9 Å². The van der Waals surface area contributed by atoms with Crippen LogP contribution in [0, 0.1) is 0 Å². The van der Waals surface area contributed by atoms with Gasteiger partial charge in [-0.3, -0.25) is 13.8 Å². The Labute approximate surface area is 268 Å². The lowest BCUT2D eigenvalue weighted by Crippen LogP contribution is -1.95. The molecule has 0 spiro atoms. The molecule has 5 heterocycles. The van der Waals surface area contributed by atoms with Gasteiger partial charge in [-0.15, -0.1) is 0 Å². The smallest absolute Gasteiger partial charge is 0.146 e. The molecule has 0 bridgehead atoms. The summed E-state index contributed by atoms with van der Waals surface area (Å²) in [7, 11) is 0. The zero-order valence-corrected chi connectivity index (χ0v) is 25.1. The van der Waals surface area contributed by atoms with Crippen LogP contribution in [0.2, 0.25) is 0 Å². The van der Waals surface area contributed by atoms with Crippen molar-refractivity contribution in [2.75, 3.05) is 0 Å². The van der Waals surface area contributed by atoms with Crippen molar-refractivity contribution in [3.63, 3.8) is 0 Å². The molecule has 0 unspecified atom stereocenters. The van der Waals surface area contributed by atoms with Crippen molar-refractivity contribution >= 4 is 54.8 Å². The molecule has 0 N–H and O–H groups in total. The van der Waals surface area contributed by atoms with E-state index < -0.39 is 0 Å². The van der Waals surface area contributed by atoms with Gasteiger partial charge in [0, 0.05) is 51.3 Å². The van der Waals surface area contributed by atoms with Crippen LogP contribution in [0.15, 0.2) is 152 Å². The topological polar surface area (TPSA) is 56.7 Å². The molecule has 0 aliphatic heterocycles. The number of fused-ring (bicyclic) bond motifs is 12. The van der Waals surface area contributed by atoms with Gasteiger partial charge in [0.15, 0.2) is 0 Å². The molecule has 0 aliphatic rings. The van der Waals surface area contributed by atoms with E-state index in [0.717, 1.165) is 88.8 Å². The number of imidazole rings is 2. The maximum absolute atomic E-state index is 6.60. The maximum Gasteiger partial charge on any atom is 0.146 e. The van der Waals surface area contributed by atoms with E-state index >= 15 is 0 Å². The zero-order chi connectivity index (χ0) is 30.9. The van der Waals surface area contributed by atoms with Gasteiger partial charge in [-0.25, -0.2) is 9.97 Å². The minimum Gasteiger partial charge on any atom is -0.457 e. The lowest BCUT2D eigenvalue weighted by molar-refractivity contribution is 0.484. The van der Waals surface area contributed by atoms with Crippen LogP contribution in [0.25, 0.3) is 77.3 Å². The van der Waals surface area contributed by atoms with Crippen molar-refractivity contribution in [2.24, 2.45) is 0 Å². The number of hydrogen-bond donors (Lipinski definition) is 0. The third kappa shape index (κ3) is 3.88. The Balaban J connectivity index is 1.21. The Kier molecular flexibility index (Phi) is 5.48. The normalized spacial score (nSPS) is 11.8. The summed E-state index contributed by atoms with van der Waals surface area (Å²) in [4.78, 5) is 14.7. The minimum atomic E-state index is 0.729. The minimum absolute atomic E-state index is 0.729. The Bertz CT molecular complexity index is 2820. The largest absolute Gasteiger partial charge is 0.457 e. The Morgan fingerprint density at radius 3 is 1.98 bits per heavy atom. The summed E-state index contributed by atoms with van der Waals surface area (Å²) in [5.74, 6) is 1.46. The van der Waals surface area contributed by atoms with Crippen molar-refractivity contribution in [1.29, 1.82) is 0 Å². The van der Waals surface area contributed by atoms with Gasteiger partial charge in [0.25, 0.3) is 0 Å². The fourth-order valence-electron chi connectivity index (χ4n) is 7.01. The first-order chi connectivity index (χ1) is 23.3. The monoisotopic (exact) mass is 603 g/mol. The highest BCUT2D eigenvalue weighted by Crippen LogP contribution is 2.40. The first-order valence-electron chi connectivity index (χ1n) is 15.6. The van der Waals surface area contributed by atoms with E-state index in [9.17, 15) is 0 Å². The van der Waals surface area contributed by atoms with E-state index in [0.29, 0.717) is 0 Å². The fraction of sp³-hybridized carbons (Fsp3) is 0. The second-order valence-corrected chi connectivity index (χ2v) is 11.7. The number of hydrogen-bond acceptors (Lipinski definition) is 4. The first-order valence-corrected chi connectivity index (χ1v) is 15.6. The summed E-state index contributed by atoms with van der Waals surface area (Å²) >= 11 is 0. The van der Waals surface area contributed by atoms with Gasteiger partial charge in [0.05, 0.1) is 27.9 Å². The highest BCUT2D eigenvalue weighted by atomic mass is 16.5. The molecular formula is C41H25N5O. The molecule has 6 heteroatoms. The van der Waals surface area contributed by atoms with Crippen molar-refractivity contribution in [3.8, 4) is 34.0 Å². The van der Waals surface area contributed by atoms with Crippen LogP contribution in [0.5, 0.6) is 11.5 Å². The number of para-hydroxylation sites is 1. The SMILES string of the molecule is c1ccc(-c2nc3c4cc(Oc5ccc6c(c5)c5nccn5c5cccnc65)ccc4c4ccccc4n3c2-c2ccccc2)cc1. The molecular weight excluding hydrogens is 578 g/mol. The van der Waals surface area contributed by atoms with Gasteiger partial charge in [0.2, 0.25) is 0 Å². The van der Waals surface area contributed by atoms with Crippen molar-refractivity contribution in [1.82, 2.24) is 23.8 Å². The second kappa shape index (κ2) is 9.99. The fourth-order valence-corrected chi connectivity index (χ4v) is 7.01. The Morgan fingerprint density at radius 2 is 1.17 bits per heavy atom. The average Bonchev–Trinajstić information content (AvgIpc) is 3.80. The van der Waals surface area contributed by atoms with Crippen LogP contribution in [0.4, 0.5) is 0 Å². The van der Waals surface area contributed by atoms with Gasteiger partial charge >= 0.3 is 0 Å². The van der Waals surface area contributed by atoms with Gasteiger partial charge in [-0.05, 0) is 60.0 Å². The van der Waals surface area contributed by atoms with E-state index in [1.54, 1.807) is 0 Å². The molecule has 0 amide bonds. The number of pyridine rings is 3. The molecule has 0 saturated heterocycles. The van der Waals surface area contributed by atoms with Gasteiger partial charge < -0.3 is 4.74 Å². The Morgan fingerprint density at radius 1 is 0.489 bits per heavy atom. The molecule has 0 fully saturated rings. The highest BCUT2D eigenvalue weighted by Gasteiger charge is 2.21. The van der Waals surface area contributed by atoms with Crippen LogP contribution >= 0.6 is 0 Å². The third-order valence-electron chi connectivity index (χ3n) is 9.05. The molecule has 0 saturated carbocycles. The molecule has 10 aromatic rings. The number of aromatic nitrogens is 5. The number of rotatable bonds is 4. The summed E-state index contributed by atoms with van der Waals surface area (Å²) in [5.41, 5.74) is 9.02. The lowest BCUT2D eigenvalue weighted by atomic mass is 10.0.